The van der Waals surface area contributed by atoms with E-state index >= 15 is 0 Å². The zero-order valence-electron chi connectivity index (χ0n) is 10.4. The SMILES string of the molecule is CC1=C(c2cnccc2-n2ccnc2)NNC(=O)C1. The summed E-state index contributed by atoms with van der Waals surface area (Å²) in [5.74, 6) is -0.0330. The highest BCUT2D eigenvalue weighted by Gasteiger charge is 2.18. The minimum absolute atomic E-state index is 0.0330. The molecule has 6 nitrogen and oxygen atoms in total. The number of pyridine rings is 1. The highest BCUT2D eigenvalue weighted by atomic mass is 16.2. The van der Waals surface area contributed by atoms with Crippen LogP contribution >= 0.6 is 0 Å². The molecule has 0 aromatic carbocycles. The number of amides is 1. The highest BCUT2D eigenvalue weighted by molar-refractivity contribution is 5.86. The lowest BCUT2D eigenvalue weighted by molar-refractivity contribution is -0.121. The summed E-state index contributed by atoms with van der Waals surface area (Å²) in [6.45, 7) is 1.94. The summed E-state index contributed by atoms with van der Waals surface area (Å²) >= 11 is 0. The van der Waals surface area contributed by atoms with Gasteiger partial charge in [-0.25, -0.2) is 4.98 Å². The van der Waals surface area contributed by atoms with Crippen LogP contribution in [0.15, 0.2) is 42.8 Å². The summed E-state index contributed by atoms with van der Waals surface area (Å²) < 4.78 is 1.91. The maximum Gasteiger partial charge on any atom is 0.242 e. The third kappa shape index (κ3) is 2.08. The van der Waals surface area contributed by atoms with E-state index in [1.54, 1.807) is 24.9 Å². The smallest absolute Gasteiger partial charge is 0.242 e. The molecule has 0 bridgehead atoms. The van der Waals surface area contributed by atoms with Crippen LogP contribution in [0.3, 0.4) is 0 Å². The first-order valence-corrected chi connectivity index (χ1v) is 5.93. The van der Waals surface area contributed by atoms with Crippen molar-refractivity contribution < 1.29 is 4.79 Å². The number of nitrogens with one attached hydrogen (secondary N) is 2. The minimum atomic E-state index is -0.0330. The van der Waals surface area contributed by atoms with Crippen molar-refractivity contribution in [1.29, 1.82) is 0 Å². The molecule has 0 radical (unpaired) electrons. The molecule has 19 heavy (non-hydrogen) atoms. The quantitative estimate of drug-likeness (QED) is 0.840. The Morgan fingerprint density at radius 1 is 1.26 bits per heavy atom. The van der Waals surface area contributed by atoms with Gasteiger partial charge in [0.2, 0.25) is 5.91 Å². The van der Waals surface area contributed by atoms with Gasteiger partial charge in [0, 0.05) is 30.4 Å². The summed E-state index contributed by atoms with van der Waals surface area (Å²) in [4.78, 5) is 19.5. The van der Waals surface area contributed by atoms with Gasteiger partial charge in [0.1, 0.15) is 0 Å². The molecule has 96 valence electrons. The Morgan fingerprint density at radius 2 is 2.16 bits per heavy atom. The second kappa shape index (κ2) is 4.56. The van der Waals surface area contributed by atoms with E-state index in [0.717, 1.165) is 22.5 Å². The van der Waals surface area contributed by atoms with Crippen molar-refractivity contribution in [1.82, 2.24) is 25.4 Å². The fourth-order valence-electron chi connectivity index (χ4n) is 2.12. The first-order chi connectivity index (χ1) is 9.25. The van der Waals surface area contributed by atoms with Crippen LogP contribution in [0, 0.1) is 0 Å². The summed E-state index contributed by atoms with van der Waals surface area (Å²) in [6, 6.07) is 1.91. The Labute approximate surface area is 110 Å². The normalized spacial score (nSPS) is 15.1. The standard InChI is InChI=1S/C13H13N5O/c1-9-6-12(19)16-17-13(9)10-7-14-3-2-11(10)18-5-4-15-8-18/h2-5,7-8,17H,6H2,1H3,(H,16,19). The van der Waals surface area contributed by atoms with Crippen LogP contribution in [-0.2, 0) is 4.79 Å². The second-order valence-electron chi connectivity index (χ2n) is 4.37. The predicted molar refractivity (Wildman–Crippen MR) is 69.8 cm³/mol. The highest BCUT2D eigenvalue weighted by Crippen LogP contribution is 2.24. The van der Waals surface area contributed by atoms with Crippen molar-refractivity contribution in [3.63, 3.8) is 0 Å². The molecular formula is C13H13N5O. The van der Waals surface area contributed by atoms with E-state index in [-0.39, 0.29) is 5.91 Å². The Morgan fingerprint density at radius 3 is 2.89 bits per heavy atom. The molecule has 1 aliphatic rings. The van der Waals surface area contributed by atoms with Crippen LogP contribution in [0.1, 0.15) is 18.9 Å². The molecule has 6 heteroatoms. The molecule has 3 heterocycles. The number of imidazole rings is 1. The molecule has 1 aliphatic heterocycles. The molecule has 2 N–H and O–H groups in total. The van der Waals surface area contributed by atoms with Gasteiger partial charge in [0.15, 0.2) is 0 Å². The number of nitrogens with zero attached hydrogens (tertiary/aromatic N) is 3. The average Bonchev–Trinajstić information content (AvgIpc) is 2.93. The van der Waals surface area contributed by atoms with E-state index in [4.69, 9.17) is 0 Å². The molecule has 0 unspecified atom stereocenters. The topological polar surface area (TPSA) is 71.8 Å². The summed E-state index contributed by atoms with van der Waals surface area (Å²) in [6.07, 6.45) is 9.23. The number of hydrogen-bond acceptors (Lipinski definition) is 4. The molecule has 0 fully saturated rings. The number of hydrazine groups is 1. The summed E-state index contributed by atoms with van der Waals surface area (Å²) in [5.41, 5.74) is 9.34. The largest absolute Gasteiger partial charge is 0.306 e. The summed E-state index contributed by atoms with van der Waals surface area (Å²) in [5, 5.41) is 0. The van der Waals surface area contributed by atoms with Crippen LogP contribution in [0.25, 0.3) is 11.4 Å². The van der Waals surface area contributed by atoms with Gasteiger partial charge in [-0.2, -0.15) is 0 Å². The summed E-state index contributed by atoms with van der Waals surface area (Å²) in [7, 11) is 0. The number of hydrogen-bond donors (Lipinski definition) is 2. The van der Waals surface area contributed by atoms with Crippen LogP contribution in [0.5, 0.6) is 0 Å². The monoisotopic (exact) mass is 255 g/mol. The van der Waals surface area contributed by atoms with Gasteiger partial charge in [-0.1, -0.05) is 0 Å². The molecule has 1 amide bonds. The minimum Gasteiger partial charge on any atom is -0.306 e. The van der Waals surface area contributed by atoms with E-state index < -0.39 is 0 Å². The third-order valence-electron chi connectivity index (χ3n) is 3.03. The van der Waals surface area contributed by atoms with Gasteiger partial charge in [-0.3, -0.25) is 20.6 Å². The molecule has 0 saturated heterocycles. The van der Waals surface area contributed by atoms with Gasteiger partial charge in [0.05, 0.1) is 24.1 Å². The van der Waals surface area contributed by atoms with Gasteiger partial charge in [0.25, 0.3) is 0 Å². The van der Waals surface area contributed by atoms with Gasteiger partial charge in [-0.05, 0) is 18.6 Å². The molecule has 3 rings (SSSR count). The Bertz CT molecular complexity index is 645. The first kappa shape index (κ1) is 11.5. The van der Waals surface area contributed by atoms with Crippen molar-refractivity contribution in [2.24, 2.45) is 0 Å². The zero-order valence-corrected chi connectivity index (χ0v) is 10.4. The second-order valence-corrected chi connectivity index (χ2v) is 4.37. The van der Waals surface area contributed by atoms with Crippen LogP contribution < -0.4 is 10.9 Å². The number of carbonyl (C=O) groups excluding carboxylic acids is 1. The Kier molecular flexibility index (Phi) is 2.75. The lowest BCUT2D eigenvalue weighted by Gasteiger charge is -2.22. The number of aromatic nitrogens is 3. The molecule has 0 aliphatic carbocycles. The van der Waals surface area contributed by atoms with Crippen LogP contribution in [0.4, 0.5) is 0 Å². The van der Waals surface area contributed by atoms with E-state index in [1.807, 2.05) is 23.8 Å². The lowest BCUT2D eigenvalue weighted by atomic mass is 10.0. The molecule has 0 spiro atoms. The van der Waals surface area contributed by atoms with Gasteiger partial charge < -0.3 is 4.57 Å². The zero-order chi connectivity index (χ0) is 13.2. The lowest BCUT2D eigenvalue weighted by Crippen LogP contribution is -2.40. The molecule has 0 saturated carbocycles. The van der Waals surface area contributed by atoms with Crippen LogP contribution in [0.2, 0.25) is 0 Å². The van der Waals surface area contributed by atoms with Crippen molar-refractivity contribution in [2.45, 2.75) is 13.3 Å². The van der Waals surface area contributed by atoms with E-state index in [2.05, 4.69) is 20.8 Å². The molecular weight excluding hydrogens is 242 g/mol. The Balaban J connectivity index is 2.11. The fraction of sp³-hybridized carbons (Fsp3) is 0.154. The average molecular weight is 255 g/mol. The van der Waals surface area contributed by atoms with Gasteiger partial charge in [-0.15, -0.1) is 0 Å². The van der Waals surface area contributed by atoms with Crippen molar-refractivity contribution in [3.8, 4) is 5.69 Å². The van der Waals surface area contributed by atoms with Crippen molar-refractivity contribution in [2.75, 3.05) is 0 Å². The van der Waals surface area contributed by atoms with Crippen molar-refractivity contribution >= 4 is 11.6 Å². The number of rotatable bonds is 2. The maximum atomic E-state index is 11.3. The van der Waals surface area contributed by atoms with E-state index in [1.165, 1.54) is 0 Å². The molecule has 2 aromatic rings. The van der Waals surface area contributed by atoms with E-state index in [9.17, 15) is 4.79 Å². The third-order valence-corrected chi connectivity index (χ3v) is 3.03. The van der Waals surface area contributed by atoms with Crippen molar-refractivity contribution in [3.05, 3.63) is 48.3 Å². The maximum absolute atomic E-state index is 11.3. The number of carbonyl (C=O) groups is 1. The van der Waals surface area contributed by atoms with Crippen LogP contribution in [-0.4, -0.2) is 20.4 Å². The Hall–Kier alpha value is -2.63. The first-order valence-electron chi connectivity index (χ1n) is 5.93. The molecule has 2 aromatic heterocycles. The van der Waals surface area contributed by atoms with E-state index in [0.29, 0.717) is 6.42 Å². The predicted octanol–water partition coefficient (Wildman–Crippen LogP) is 1.02. The van der Waals surface area contributed by atoms with Gasteiger partial charge >= 0.3 is 0 Å². The molecule has 0 atom stereocenters. The fourth-order valence-corrected chi connectivity index (χ4v) is 2.12.